The molecule has 0 spiro atoms. The average Bonchev–Trinajstić information content (AvgIpc) is 2.66. The molecule has 0 bridgehead atoms. The second-order valence-electron chi connectivity index (χ2n) is 5.90. The van der Waals surface area contributed by atoms with Gasteiger partial charge in [-0.1, -0.05) is 6.07 Å². The average molecular weight is 369 g/mol. The van der Waals surface area contributed by atoms with Crippen LogP contribution in [0.5, 0.6) is 0 Å². The normalized spacial score (nSPS) is 10.4. The van der Waals surface area contributed by atoms with Gasteiger partial charge in [-0.25, -0.2) is 18.7 Å². The highest BCUT2D eigenvalue weighted by Gasteiger charge is 2.14. The lowest BCUT2D eigenvalue weighted by Gasteiger charge is -2.13. The first-order valence-corrected chi connectivity index (χ1v) is 8.06. The smallest absolute Gasteiger partial charge is 0.276 e. The van der Waals surface area contributed by atoms with E-state index in [2.05, 4.69) is 20.6 Å². The predicted octanol–water partition coefficient (Wildman–Crippen LogP) is 3.82. The molecule has 0 unspecified atom stereocenters. The Kier molecular flexibility index (Phi) is 5.25. The molecule has 0 saturated carbocycles. The minimum atomic E-state index is -0.865. The van der Waals surface area contributed by atoms with E-state index in [-0.39, 0.29) is 5.69 Å². The third-order valence-electron chi connectivity index (χ3n) is 3.74. The standard InChI is InChI=1S/C19H17F2N5O/c1-26(2)13-8-6-12(7-9-13)24-17-11-22-16(10-23-17)19(27)25-18-14(20)4-3-5-15(18)21/h3-11H,1-2H3,(H,23,24)(H,25,27). The van der Waals surface area contributed by atoms with Gasteiger partial charge < -0.3 is 15.5 Å². The molecule has 3 aromatic rings. The molecule has 0 saturated heterocycles. The van der Waals surface area contributed by atoms with Gasteiger partial charge in [0.25, 0.3) is 5.91 Å². The Morgan fingerprint density at radius 1 is 0.963 bits per heavy atom. The minimum Gasteiger partial charge on any atom is -0.378 e. The lowest BCUT2D eigenvalue weighted by Crippen LogP contribution is -2.16. The number of halogens is 2. The Morgan fingerprint density at radius 2 is 1.63 bits per heavy atom. The van der Waals surface area contributed by atoms with Crippen molar-refractivity contribution in [2.45, 2.75) is 0 Å². The van der Waals surface area contributed by atoms with Crippen LogP contribution in [0.15, 0.2) is 54.9 Å². The number of anilines is 4. The molecular weight excluding hydrogens is 352 g/mol. The van der Waals surface area contributed by atoms with Crippen LogP contribution in [0, 0.1) is 11.6 Å². The third kappa shape index (κ3) is 4.35. The van der Waals surface area contributed by atoms with Crippen LogP contribution in [0.4, 0.5) is 31.7 Å². The van der Waals surface area contributed by atoms with Crippen LogP contribution in [-0.4, -0.2) is 30.0 Å². The molecule has 0 aliphatic rings. The Labute approximate surface area is 154 Å². The molecule has 1 heterocycles. The second kappa shape index (κ2) is 7.77. The van der Waals surface area contributed by atoms with Crippen molar-refractivity contribution in [3.63, 3.8) is 0 Å². The number of rotatable bonds is 5. The molecule has 6 nitrogen and oxygen atoms in total. The molecule has 3 rings (SSSR count). The van der Waals surface area contributed by atoms with E-state index in [1.165, 1.54) is 18.5 Å². The fourth-order valence-corrected chi connectivity index (χ4v) is 2.30. The monoisotopic (exact) mass is 369 g/mol. The van der Waals surface area contributed by atoms with Gasteiger partial charge in [0.05, 0.1) is 12.4 Å². The summed E-state index contributed by atoms with van der Waals surface area (Å²) in [5, 5.41) is 5.22. The molecule has 2 aromatic carbocycles. The number of nitrogens with one attached hydrogen (secondary N) is 2. The van der Waals surface area contributed by atoms with Crippen LogP contribution in [0.25, 0.3) is 0 Å². The van der Waals surface area contributed by atoms with E-state index in [1.54, 1.807) is 0 Å². The fraction of sp³-hybridized carbons (Fsp3) is 0.105. The number of para-hydroxylation sites is 1. The molecule has 1 amide bonds. The molecule has 1 aromatic heterocycles. The van der Waals surface area contributed by atoms with Gasteiger partial charge >= 0.3 is 0 Å². The number of aromatic nitrogens is 2. The fourth-order valence-electron chi connectivity index (χ4n) is 2.30. The van der Waals surface area contributed by atoms with Gasteiger partial charge in [0.15, 0.2) is 0 Å². The maximum atomic E-state index is 13.6. The summed E-state index contributed by atoms with van der Waals surface area (Å²) in [7, 11) is 3.90. The van der Waals surface area contributed by atoms with Gasteiger partial charge in [0, 0.05) is 25.5 Å². The number of hydrogen-bond donors (Lipinski definition) is 2. The molecule has 0 aliphatic carbocycles. The molecule has 0 aliphatic heterocycles. The highest BCUT2D eigenvalue weighted by Crippen LogP contribution is 2.20. The molecule has 138 valence electrons. The maximum Gasteiger partial charge on any atom is 0.276 e. The van der Waals surface area contributed by atoms with Gasteiger partial charge in [-0.15, -0.1) is 0 Å². The highest BCUT2D eigenvalue weighted by molar-refractivity contribution is 6.02. The van der Waals surface area contributed by atoms with E-state index >= 15 is 0 Å². The minimum absolute atomic E-state index is 0.0637. The first-order chi connectivity index (χ1) is 12.9. The number of carbonyl (C=O) groups is 1. The molecule has 8 heteroatoms. The summed E-state index contributed by atoms with van der Waals surface area (Å²) in [4.78, 5) is 22.2. The van der Waals surface area contributed by atoms with E-state index in [1.807, 2.05) is 43.3 Å². The number of nitrogens with zero attached hydrogens (tertiary/aromatic N) is 3. The van der Waals surface area contributed by atoms with Crippen molar-refractivity contribution in [1.29, 1.82) is 0 Å². The Morgan fingerprint density at radius 3 is 2.19 bits per heavy atom. The van der Waals surface area contributed by atoms with Gasteiger partial charge in [-0.2, -0.15) is 0 Å². The predicted molar refractivity (Wildman–Crippen MR) is 100 cm³/mol. The van der Waals surface area contributed by atoms with E-state index in [9.17, 15) is 13.6 Å². The summed E-state index contributed by atoms with van der Waals surface area (Å²) in [6, 6.07) is 11.0. The summed E-state index contributed by atoms with van der Waals surface area (Å²) in [6.07, 6.45) is 2.59. The van der Waals surface area contributed by atoms with Crippen LogP contribution >= 0.6 is 0 Å². The third-order valence-corrected chi connectivity index (χ3v) is 3.74. The van der Waals surface area contributed by atoms with E-state index in [0.717, 1.165) is 23.5 Å². The molecule has 2 N–H and O–H groups in total. The van der Waals surface area contributed by atoms with Crippen molar-refractivity contribution in [2.75, 3.05) is 29.6 Å². The zero-order valence-electron chi connectivity index (χ0n) is 14.7. The lowest BCUT2D eigenvalue weighted by molar-refractivity contribution is 0.102. The van der Waals surface area contributed by atoms with Gasteiger partial charge in [0.1, 0.15) is 28.8 Å². The van der Waals surface area contributed by atoms with Crippen molar-refractivity contribution in [2.24, 2.45) is 0 Å². The molecule has 0 fully saturated rings. The van der Waals surface area contributed by atoms with Crippen LogP contribution < -0.4 is 15.5 Å². The number of benzene rings is 2. The van der Waals surface area contributed by atoms with E-state index < -0.39 is 23.2 Å². The van der Waals surface area contributed by atoms with Crippen LogP contribution in [-0.2, 0) is 0 Å². The Balaban J connectivity index is 1.68. The topological polar surface area (TPSA) is 70.2 Å². The Bertz CT molecular complexity index is 923. The second-order valence-corrected chi connectivity index (χ2v) is 5.90. The zero-order valence-corrected chi connectivity index (χ0v) is 14.7. The van der Waals surface area contributed by atoms with Gasteiger partial charge in [-0.3, -0.25) is 4.79 Å². The van der Waals surface area contributed by atoms with Crippen LogP contribution in [0.3, 0.4) is 0 Å². The number of amides is 1. The largest absolute Gasteiger partial charge is 0.378 e. The van der Waals surface area contributed by atoms with Gasteiger partial charge in [0.2, 0.25) is 0 Å². The SMILES string of the molecule is CN(C)c1ccc(Nc2cnc(C(=O)Nc3c(F)cccc3F)cn2)cc1. The summed E-state index contributed by atoms with van der Waals surface area (Å²) >= 11 is 0. The van der Waals surface area contributed by atoms with Crippen LogP contribution in [0.1, 0.15) is 10.5 Å². The first-order valence-electron chi connectivity index (χ1n) is 8.06. The summed E-state index contributed by atoms with van der Waals surface area (Å²) in [5.41, 5.74) is 1.28. The summed E-state index contributed by atoms with van der Waals surface area (Å²) < 4.78 is 27.2. The first kappa shape index (κ1) is 18.2. The van der Waals surface area contributed by atoms with Crippen LogP contribution in [0.2, 0.25) is 0 Å². The number of hydrogen-bond acceptors (Lipinski definition) is 5. The molecular formula is C19H17F2N5O. The summed E-state index contributed by atoms with van der Waals surface area (Å²) in [5.74, 6) is -2.05. The number of carbonyl (C=O) groups excluding carboxylic acids is 1. The van der Waals surface area contributed by atoms with Crippen molar-refractivity contribution in [3.8, 4) is 0 Å². The lowest BCUT2D eigenvalue weighted by atomic mass is 10.2. The maximum absolute atomic E-state index is 13.6. The van der Waals surface area contributed by atoms with Gasteiger partial charge in [-0.05, 0) is 36.4 Å². The van der Waals surface area contributed by atoms with E-state index in [4.69, 9.17) is 0 Å². The molecule has 0 atom stereocenters. The Hall–Kier alpha value is -3.55. The molecule has 0 radical (unpaired) electrons. The highest BCUT2D eigenvalue weighted by atomic mass is 19.1. The van der Waals surface area contributed by atoms with E-state index in [0.29, 0.717) is 5.82 Å². The molecule has 27 heavy (non-hydrogen) atoms. The quantitative estimate of drug-likeness (QED) is 0.716. The van der Waals surface area contributed by atoms with Crippen molar-refractivity contribution < 1.29 is 13.6 Å². The van der Waals surface area contributed by atoms with Crippen molar-refractivity contribution in [1.82, 2.24) is 9.97 Å². The van der Waals surface area contributed by atoms with Crippen molar-refractivity contribution >= 4 is 28.8 Å². The van der Waals surface area contributed by atoms with Crippen molar-refractivity contribution in [3.05, 3.63) is 72.2 Å². The summed E-state index contributed by atoms with van der Waals surface area (Å²) in [6.45, 7) is 0. The zero-order chi connectivity index (χ0) is 19.4.